The number of hydrogen-bond acceptors (Lipinski definition) is 5. The van der Waals surface area contributed by atoms with Crippen LogP contribution in [0.1, 0.15) is 22.9 Å². The van der Waals surface area contributed by atoms with E-state index in [1.54, 1.807) is 0 Å². The maximum atomic E-state index is 4.22. The van der Waals surface area contributed by atoms with Crippen molar-refractivity contribution in [1.82, 2.24) is 30.4 Å². The SMILES string of the molecule is c1ccc(CN2CC(c3nn[nH]n3)CN(Cc3ccccc3)C2)cc1. The largest absolute Gasteiger partial charge is 0.285 e. The Morgan fingerprint density at radius 2 is 1.40 bits per heavy atom. The Labute approximate surface area is 147 Å². The molecule has 2 heterocycles. The molecular weight excluding hydrogens is 312 g/mol. The molecule has 1 aromatic heterocycles. The van der Waals surface area contributed by atoms with Gasteiger partial charge in [-0.15, -0.1) is 10.2 Å². The van der Waals surface area contributed by atoms with E-state index in [9.17, 15) is 0 Å². The summed E-state index contributed by atoms with van der Waals surface area (Å²) in [6.45, 7) is 4.69. The van der Waals surface area contributed by atoms with Crippen LogP contribution in [0.3, 0.4) is 0 Å². The molecule has 1 fully saturated rings. The summed E-state index contributed by atoms with van der Waals surface area (Å²) in [6, 6.07) is 21.2. The highest BCUT2D eigenvalue weighted by molar-refractivity contribution is 5.16. The number of hydrogen-bond donors (Lipinski definition) is 1. The van der Waals surface area contributed by atoms with Crippen LogP contribution in [0.15, 0.2) is 60.7 Å². The van der Waals surface area contributed by atoms with Gasteiger partial charge in [-0.25, -0.2) is 0 Å². The Bertz CT molecular complexity index is 710. The lowest BCUT2D eigenvalue weighted by Crippen LogP contribution is -2.48. The van der Waals surface area contributed by atoms with Gasteiger partial charge in [0.05, 0.1) is 6.67 Å². The van der Waals surface area contributed by atoms with E-state index in [2.05, 4.69) is 91.1 Å². The summed E-state index contributed by atoms with van der Waals surface area (Å²) in [4.78, 5) is 4.92. The van der Waals surface area contributed by atoms with Crippen LogP contribution in [-0.2, 0) is 13.1 Å². The molecule has 0 radical (unpaired) electrons. The highest BCUT2D eigenvalue weighted by Gasteiger charge is 2.29. The predicted octanol–water partition coefficient (Wildman–Crippen LogP) is 2.26. The van der Waals surface area contributed by atoms with Gasteiger partial charge in [-0.2, -0.15) is 5.21 Å². The van der Waals surface area contributed by atoms with Gasteiger partial charge in [0.25, 0.3) is 0 Å². The third-order valence-corrected chi connectivity index (χ3v) is 4.58. The highest BCUT2D eigenvalue weighted by Crippen LogP contribution is 2.22. The normalized spacial score (nSPS) is 17.0. The molecule has 6 heteroatoms. The topological polar surface area (TPSA) is 60.9 Å². The smallest absolute Gasteiger partial charge is 0.180 e. The minimum absolute atomic E-state index is 0.264. The minimum Gasteiger partial charge on any atom is -0.285 e. The molecule has 0 amide bonds. The van der Waals surface area contributed by atoms with Gasteiger partial charge in [-0.3, -0.25) is 9.80 Å². The zero-order valence-corrected chi connectivity index (χ0v) is 14.1. The number of benzene rings is 2. The summed E-state index contributed by atoms with van der Waals surface area (Å²) in [5.74, 6) is 1.07. The first-order valence-corrected chi connectivity index (χ1v) is 8.63. The average Bonchev–Trinajstić information content (AvgIpc) is 3.18. The molecule has 0 atom stereocenters. The molecule has 0 bridgehead atoms. The van der Waals surface area contributed by atoms with Gasteiger partial charge in [-0.05, 0) is 11.1 Å². The Morgan fingerprint density at radius 3 is 1.88 bits per heavy atom. The molecule has 128 valence electrons. The number of aromatic amines is 1. The van der Waals surface area contributed by atoms with Crippen molar-refractivity contribution in [3.63, 3.8) is 0 Å². The van der Waals surface area contributed by atoms with Gasteiger partial charge in [0.1, 0.15) is 0 Å². The van der Waals surface area contributed by atoms with Gasteiger partial charge < -0.3 is 0 Å². The second kappa shape index (κ2) is 7.55. The lowest BCUT2D eigenvalue weighted by atomic mass is 10.0. The Balaban J connectivity index is 1.50. The van der Waals surface area contributed by atoms with E-state index < -0.39 is 0 Å². The first kappa shape index (κ1) is 15.9. The maximum Gasteiger partial charge on any atom is 0.180 e. The molecule has 0 spiro atoms. The van der Waals surface area contributed by atoms with Crippen molar-refractivity contribution in [2.24, 2.45) is 0 Å². The fraction of sp³-hybridized carbons (Fsp3) is 0.316. The van der Waals surface area contributed by atoms with Crippen LogP contribution in [0.4, 0.5) is 0 Å². The Morgan fingerprint density at radius 1 is 0.840 bits per heavy atom. The van der Waals surface area contributed by atoms with E-state index in [1.807, 2.05) is 0 Å². The third-order valence-electron chi connectivity index (χ3n) is 4.58. The van der Waals surface area contributed by atoms with Crippen molar-refractivity contribution < 1.29 is 0 Å². The zero-order chi connectivity index (χ0) is 16.9. The zero-order valence-electron chi connectivity index (χ0n) is 14.1. The summed E-state index contributed by atoms with van der Waals surface area (Å²) in [7, 11) is 0. The molecular formula is C19H22N6. The quantitative estimate of drug-likeness (QED) is 0.775. The van der Waals surface area contributed by atoms with Crippen LogP contribution in [0.5, 0.6) is 0 Å². The summed E-state index contributed by atoms with van der Waals surface area (Å²) in [5.41, 5.74) is 2.66. The van der Waals surface area contributed by atoms with E-state index in [-0.39, 0.29) is 5.92 Å². The first-order chi connectivity index (χ1) is 12.4. The number of nitrogens with zero attached hydrogens (tertiary/aromatic N) is 5. The molecule has 1 aliphatic rings. The van der Waals surface area contributed by atoms with E-state index in [0.29, 0.717) is 0 Å². The molecule has 6 nitrogen and oxygen atoms in total. The second-order valence-corrected chi connectivity index (χ2v) is 6.60. The number of nitrogens with one attached hydrogen (secondary N) is 1. The summed E-state index contributed by atoms with van der Waals surface area (Å²) < 4.78 is 0. The Hall–Kier alpha value is -2.57. The van der Waals surface area contributed by atoms with Gasteiger partial charge in [0.15, 0.2) is 5.82 Å². The second-order valence-electron chi connectivity index (χ2n) is 6.60. The van der Waals surface area contributed by atoms with Crippen molar-refractivity contribution >= 4 is 0 Å². The van der Waals surface area contributed by atoms with Crippen molar-refractivity contribution in [2.75, 3.05) is 19.8 Å². The first-order valence-electron chi connectivity index (χ1n) is 8.63. The molecule has 25 heavy (non-hydrogen) atoms. The molecule has 0 unspecified atom stereocenters. The van der Waals surface area contributed by atoms with Crippen LogP contribution in [0.2, 0.25) is 0 Å². The monoisotopic (exact) mass is 334 g/mol. The van der Waals surface area contributed by atoms with E-state index in [0.717, 1.165) is 38.7 Å². The van der Waals surface area contributed by atoms with Crippen molar-refractivity contribution in [2.45, 2.75) is 19.0 Å². The van der Waals surface area contributed by atoms with Gasteiger partial charge in [0, 0.05) is 32.1 Å². The molecule has 4 rings (SSSR count). The van der Waals surface area contributed by atoms with Gasteiger partial charge in [-0.1, -0.05) is 65.9 Å². The number of aromatic nitrogens is 4. The standard InChI is InChI=1S/C19H22N6/c1-3-7-16(8-4-1)11-24-13-18(19-20-22-23-21-19)14-25(15-24)12-17-9-5-2-6-10-17/h1-10,18H,11-15H2,(H,20,21,22,23). The molecule has 2 aromatic carbocycles. The van der Waals surface area contributed by atoms with E-state index in [4.69, 9.17) is 0 Å². The van der Waals surface area contributed by atoms with Crippen LogP contribution in [-0.4, -0.2) is 50.2 Å². The van der Waals surface area contributed by atoms with Crippen molar-refractivity contribution in [3.8, 4) is 0 Å². The summed E-state index contributed by atoms with van der Waals surface area (Å²) >= 11 is 0. The number of rotatable bonds is 5. The summed E-state index contributed by atoms with van der Waals surface area (Å²) in [5, 5.41) is 14.8. The lowest BCUT2D eigenvalue weighted by molar-refractivity contribution is 0.0578. The number of H-pyrrole nitrogens is 1. The molecule has 0 saturated carbocycles. The molecule has 0 aliphatic carbocycles. The minimum atomic E-state index is 0.264. The van der Waals surface area contributed by atoms with Crippen molar-refractivity contribution in [1.29, 1.82) is 0 Å². The lowest BCUT2D eigenvalue weighted by Gasteiger charge is -2.39. The highest BCUT2D eigenvalue weighted by atomic mass is 15.5. The van der Waals surface area contributed by atoms with Crippen LogP contribution >= 0.6 is 0 Å². The fourth-order valence-corrected chi connectivity index (χ4v) is 3.50. The van der Waals surface area contributed by atoms with Crippen LogP contribution in [0.25, 0.3) is 0 Å². The van der Waals surface area contributed by atoms with Crippen LogP contribution < -0.4 is 0 Å². The van der Waals surface area contributed by atoms with Gasteiger partial charge >= 0.3 is 0 Å². The molecule has 1 saturated heterocycles. The van der Waals surface area contributed by atoms with E-state index in [1.165, 1.54) is 11.1 Å². The third kappa shape index (κ3) is 4.10. The Kier molecular flexibility index (Phi) is 4.81. The van der Waals surface area contributed by atoms with Crippen molar-refractivity contribution in [3.05, 3.63) is 77.6 Å². The number of tetrazole rings is 1. The van der Waals surface area contributed by atoms with Crippen LogP contribution in [0, 0.1) is 0 Å². The molecule has 1 N–H and O–H groups in total. The molecule has 1 aliphatic heterocycles. The maximum absolute atomic E-state index is 4.22. The summed E-state index contributed by atoms with van der Waals surface area (Å²) in [6.07, 6.45) is 0. The average molecular weight is 334 g/mol. The van der Waals surface area contributed by atoms with Gasteiger partial charge in [0.2, 0.25) is 0 Å². The fourth-order valence-electron chi connectivity index (χ4n) is 3.50. The van der Waals surface area contributed by atoms with E-state index >= 15 is 0 Å². The predicted molar refractivity (Wildman–Crippen MR) is 95.5 cm³/mol. The molecule has 3 aromatic rings.